The van der Waals surface area contributed by atoms with Gasteiger partial charge in [-0.3, -0.25) is 5.10 Å². The van der Waals surface area contributed by atoms with Gasteiger partial charge in [-0.05, 0) is 19.4 Å². The van der Waals surface area contributed by atoms with Crippen molar-refractivity contribution >= 4 is 11.3 Å². The van der Waals surface area contributed by atoms with Crippen molar-refractivity contribution in [2.45, 2.75) is 32.7 Å². The van der Waals surface area contributed by atoms with Gasteiger partial charge < -0.3 is 5.32 Å². The Balaban J connectivity index is 1.83. The molecule has 0 amide bonds. The van der Waals surface area contributed by atoms with E-state index in [1.807, 2.05) is 0 Å². The molecule has 0 aliphatic carbocycles. The van der Waals surface area contributed by atoms with E-state index < -0.39 is 0 Å². The van der Waals surface area contributed by atoms with Crippen molar-refractivity contribution in [3.05, 3.63) is 17.4 Å². The average molecular weight is 251 g/mol. The SMILES string of the molecule is CC(C)NCCCc1csc(-c2ncn[nH]2)n1. The maximum atomic E-state index is 4.53. The number of H-pyrrole nitrogens is 1. The summed E-state index contributed by atoms with van der Waals surface area (Å²) in [5.41, 5.74) is 1.13. The molecule has 92 valence electrons. The van der Waals surface area contributed by atoms with Gasteiger partial charge in [-0.15, -0.1) is 11.3 Å². The number of rotatable bonds is 6. The molecular weight excluding hydrogens is 234 g/mol. The van der Waals surface area contributed by atoms with E-state index in [0.29, 0.717) is 6.04 Å². The fourth-order valence-corrected chi connectivity index (χ4v) is 2.30. The third-order valence-electron chi connectivity index (χ3n) is 2.33. The largest absolute Gasteiger partial charge is 0.315 e. The molecule has 0 saturated carbocycles. The first-order valence-electron chi connectivity index (χ1n) is 5.79. The molecule has 0 unspecified atom stereocenters. The summed E-state index contributed by atoms with van der Waals surface area (Å²) in [5, 5.41) is 13.0. The van der Waals surface area contributed by atoms with E-state index in [1.165, 1.54) is 6.33 Å². The Bertz CT molecular complexity index is 434. The van der Waals surface area contributed by atoms with Crippen LogP contribution in [0.2, 0.25) is 0 Å². The van der Waals surface area contributed by atoms with Crippen LogP contribution in [0.5, 0.6) is 0 Å². The van der Waals surface area contributed by atoms with Crippen molar-refractivity contribution in [3.8, 4) is 10.8 Å². The number of aromatic amines is 1. The van der Waals surface area contributed by atoms with Crippen LogP contribution in [-0.2, 0) is 6.42 Å². The molecule has 17 heavy (non-hydrogen) atoms. The molecule has 2 heterocycles. The molecule has 0 radical (unpaired) electrons. The van der Waals surface area contributed by atoms with Crippen molar-refractivity contribution < 1.29 is 0 Å². The van der Waals surface area contributed by atoms with Crippen LogP contribution < -0.4 is 5.32 Å². The molecule has 2 aromatic heterocycles. The lowest BCUT2D eigenvalue weighted by molar-refractivity contribution is 0.569. The van der Waals surface area contributed by atoms with Crippen LogP contribution in [0.15, 0.2) is 11.7 Å². The molecule has 0 aliphatic heterocycles. The minimum Gasteiger partial charge on any atom is -0.315 e. The van der Waals surface area contributed by atoms with Gasteiger partial charge in [-0.1, -0.05) is 13.8 Å². The zero-order valence-electron chi connectivity index (χ0n) is 10.1. The summed E-state index contributed by atoms with van der Waals surface area (Å²) >= 11 is 1.61. The fourth-order valence-electron chi connectivity index (χ4n) is 1.50. The lowest BCUT2D eigenvalue weighted by atomic mass is 10.2. The normalized spacial score (nSPS) is 11.2. The Hall–Kier alpha value is -1.27. The third kappa shape index (κ3) is 3.61. The first kappa shape index (κ1) is 12.2. The first-order valence-corrected chi connectivity index (χ1v) is 6.67. The van der Waals surface area contributed by atoms with Gasteiger partial charge in [0.25, 0.3) is 0 Å². The topological polar surface area (TPSA) is 66.5 Å². The fraction of sp³-hybridized carbons (Fsp3) is 0.545. The maximum absolute atomic E-state index is 4.53. The van der Waals surface area contributed by atoms with E-state index in [0.717, 1.165) is 35.9 Å². The molecule has 0 aliphatic rings. The molecule has 2 aromatic rings. The number of hydrogen-bond donors (Lipinski definition) is 2. The average Bonchev–Trinajstić information content (AvgIpc) is 2.94. The standard InChI is InChI=1S/C11H17N5S/c1-8(2)12-5-3-4-9-6-17-11(15-9)10-13-7-14-16-10/h6-8,12H,3-5H2,1-2H3,(H,13,14,16). The second kappa shape index (κ2) is 5.88. The van der Waals surface area contributed by atoms with Gasteiger partial charge in [0.2, 0.25) is 0 Å². The molecule has 0 aromatic carbocycles. The predicted octanol–water partition coefficient (Wildman–Crippen LogP) is 1.86. The summed E-state index contributed by atoms with van der Waals surface area (Å²) in [6.45, 7) is 5.35. The predicted molar refractivity (Wildman–Crippen MR) is 69.0 cm³/mol. The summed E-state index contributed by atoms with van der Waals surface area (Å²) in [5.74, 6) is 0.751. The summed E-state index contributed by atoms with van der Waals surface area (Å²) in [6, 6.07) is 0.551. The van der Waals surface area contributed by atoms with Crippen molar-refractivity contribution in [2.24, 2.45) is 0 Å². The Labute approximate surface area is 105 Å². The first-order chi connectivity index (χ1) is 8.25. The molecule has 0 atom stereocenters. The van der Waals surface area contributed by atoms with E-state index in [4.69, 9.17) is 0 Å². The molecule has 0 bridgehead atoms. The van der Waals surface area contributed by atoms with Crippen LogP contribution in [0.25, 0.3) is 10.8 Å². The Morgan fingerprint density at radius 2 is 2.35 bits per heavy atom. The van der Waals surface area contributed by atoms with Crippen LogP contribution in [-0.4, -0.2) is 32.8 Å². The second-order valence-corrected chi connectivity index (χ2v) is 5.05. The van der Waals surface area contributed by atoms with Gasteiger partial charge in [0.1, 0.15) is 6.33 Å². The minimum absolute atomic E-state index is 0.551. The van der Waals surface area contributed by atoms with Gasteiger partial charge in [0.05, 0.1) is 5.69 Å². The molecule has 5 nitrogen and oxygen atoms in total. The van der Waals surface area contributed by atoms with E-state index in [1.54, 1.807) is 11.3 Å². The van der Waals surface area contributed by atoms with Crippen molar-refractivity contribution in [1.82, 2.24) is 25.5 Å². The van der Waals surface area contributed by atoms with Gasteiger partial charge in [0.15, 0.2) is 10.8 Å². The highest BCUT2D eigenvalue weighted by Gasteiger charge is 2.06. The second-order valence-electron chi connectivity index (χ2n) is 4.19. The van der Waals surface area contributed by atoms with Gasteiger partial charge in [-0.25, -0.2) is 9.97 Å². The Kier molecular flexibility index (Phi) is 4.22. The number of thiazole rings is 1. The van der Waals surface area contributed by atoms with Crippen LogP contribution in [0, 0.1) is 0 Å². The lowest BCUT2D eigenvalue weighted by Crippen LogP contribution is -2.23. The molecule has 6 heteroatoms. The number of nitrogens with one attached hydrogen (secondary N) is 2. The monoisotopic (exact) mass is 251 g/mol. The van der Waals surface area contributed by atoms with E-state index in [-0.39, 0.29) is 0 Å². The quantitative estimate of drug-likeness (QED) is 0.769. The molecule has 0 saturated heterocycles. The smallest absolute Gasteiger partial charge is 0.184 e. The van der Waals surface area contributed by atoms with Gasteiger partial charge in [-0.2, -0.15) is 5.10 Å². The number of hydrogen-bond acceptors (Lipinski definition) is 5. The number of aromatic nitrogens is 4. The van der Waals surface area contributed by atoms with Gasteiger partial charge in [0, 0.05) is 11.4 Å². The molecule has 2 N–H and O–H groups in total. The minimum atomic E-state index is 0.551. The van der Waals surface area contributed by atoms with E-state index >= 15 is 0 Å². The molecule has 0 spiro atoms. The van der Waals surface area contributed by atoms with Crippen molar-refractivity contribution in [3.63, 3.8) is 0 Å². The summed E-state index contributed by atoms with van der Waals surface area (Å²) in [7, 11) is 0. The van der Waals surface area contributed by atoms with Crippen LogP contribution >= 0.6 is 11.3 Å². The molecule has 0 fully saturated rings. The molecular formula is C11H17N5S. The third-order valence-corrected chi connectivity index (χ3v) is 3.23. The van der Waals surface area contributed by atoms with E-state index in [9.17, 15) is 0 Å². The van der Waals surface area contributed by atoms with Crippen LogP contribution in [0.1, 0.15) is 26.0 Å². The van der Waals surface area contributed by atoms with Crippen molar-refractivity contribution in [2.75, 3.05) is 6.54 Å². The van der Waals surface area contributed by atoms with E-state index in [2.05, 4.69) is 44.7 Å². The Morgan fingerprint density at radius 1 is 1.47 bits per heavy atom. The van der Waals surface area contributed by atoms with Crippen LogP contribution in [0.4, 0.5) is 0 Å². The zero-order valence-corrected chi connectivity index (χ0v) is 10.9. The number of aryl methyl sites for hydroxylation is 1. The summed E-state index contributed by atoms with van der Waals surface area (Å²) < 4.78 is 0. The van der Waals surface area contributed by atoms with Crippen molar-refractivity contribution in [1.29, 1.82) is 0 Å². The number of nitrogens with zero attached hydrogens (tertiary/aromatic N) is 3. The zero-order chi connectivity index (χ0) is 12.1. The maximum Gasteiger partial charge on any atom is 0.184 e. The Morgan fingerprint density at radius 3 is 3.06 bits per heavy atom. The summed E-state index contributed by atoms with van der Waals surface area (Å²) in [4.78, 5) is 8.61. The molecule has 2 rings (SSSR count). The lowest BCUT2D eigenvalue weighted by Gasteiger charge is -2.06. The highest BCUT2D eigenvalue weighted by molar-refractivity contribution is 7.13. The van der Waals surface area contributed by atoms with Gasteiger partial charge >= 0.3 is 0 Å². The highest BCUT2D eigenvalue weighted by atomic mass is 32.1. The summed E-state index contributed by atoms with van der Waals surface area (Å²) in [6.07, 6.45) is 3.62. The van der Waals surface area contributed by atoms with Crippen LogP contribution in [0.3, 0.4) is 0 Å². The highest BCUT2D eigenvalue weighted by Crippen LogP contribution is 2.19.